The summed E-state index contributed by atoms with van der Waals surface area (Å²) in [6.45, 7) is 0. The van der Waals surface area contributed by atoms with Crippen LogP contribution in [0.15, 0.2) is 53.4 Å². The van der Waals surface area contributed by atoms with Crippen LogP contribution in [0.25, 0.3) is 0 Å². The molecule has 112 valence electrons. The van der Waals surface area contributed by atoms with Crippen LogP contribution >= 0.6 is 23.4 Å². The second kappa shape index (κ2) is 5.78. The summed E-state index contributed by atoms with van der Waals surface area (Å²) < 4.78 is 3.65. The summed E-state index contributed by atoms with van der Waals surface area (Å²) in [6.07, 6.45) is 0.286. The van der Waals surface area contributed by atoms with Gasteiger partial charge in [0, 0.05) is 21.9 Å². The van der Waals surface area contributed by atoms with Gasteiger partial charge in [-0.2, -0.15) is 0 Å². The molecule has 1 atom stereocenters. The fourth-order valence-corrected chi connectivity index (χ4v) is 4.13. The minimum atomic E-state index is -1.27. The Bertz CT molecular complexity index is 745. The van der Waals surface area contributed by atoms with Crippen molar-refractivity contribution < 1.29 is 14.3 Å². The van der Waals surface area contributed by atoms with Crippen LogP contribution in [0.1, 0.15) is 15.9 Å². The highest BCUT2D eigenvalue weighted by molar-refractivity contribution is 8.02. The van der Waals surface area contributed by atoms with Gasteiger partial charge in [0.25, 0.3) is 0 Å². The Morgan fingerprint density at radius 3 is 2.64 bits per heavy atom. The van der Waals surface area contributed by atoms with Gasteiger partial charge in [0.05, 0.1) is 7.11 Å². The lowest BCUT2D eigenvalue weighted by atomic mass is 10.0. The van der Waals surface area contributed by atoms with Crippen molar-refractivity contribution >= 4 is 35.1 Å². The number of halogens is 1. The van der Waals surface area contributed by atoms with E-state index in [1.54, 1.807) is 18.2 Å². The van der Waals surface area contributed by atoms with Gasteiger partial charge in [-0.1, -0.05) is 41.6 Å². The molecule has 3 nitrogen and oxygen atoms in total. The van der Waals surface area contributed by atoms with E-state index in [4.69, 9.17) is 16.3 Å². The number of hydrogen-bond acceptors (Lipinski definition) is 4. The lowest BCUT2D eigenvalue weighted by Crippen LogP contribution is -2.42. The zero-order chi connectivity index (χ0) is 15.7. The van der Waals surface area contributed by atoms with Crippen LogP contribution in [0.3, 0.4) is 0 Å². The first-order chi connectivity index (χ1) is 10.6. The number of carbonyl (C=O) groups is 2. The number of fused-ring (bicyclic) bond motifs is 1. The number of carbonyl (C=O) groups excluding carboxylic acids is 2. The van der Waals surface area contributed by atoms with Gasteiger partial charge in [-0.05, 0) is 35.9 Å². The van der Waals surface area contributed by atoms with E-state index in [9.17, 15) is 9.59 Å². The Kier molecular flexibility index (Phi) is 3.98. The molecule has 0 amide bonds. The van der Waals surface area contributed by atoms with Gasteiger partial charge in [-0.25, -0.2) is 0 Å². The highest BCUT2D eigenvalue weighted by atomic mass is 35.5. The summed E-state index contributed by atoms with van der Waals surface area (Å²) in [7, 11) is 1.30. The molecule has 2 aromatic rings. The number of hydrogen-bond donors (Lipinski definition) is 0. The number of thioether (sulfide) groups is 1. The van der Waals surface area contributed by atoms with Crippen LogP contribution in [0.5, 0.6) is 0 Å². The number of Topliss-reactive ketones (excluding diaryl/α,β-unsaturated/α-hetero) is 1. The smallest absolute Gasteiger partial charge is 0.330 e. The maximum atomic E-state index is 12.9. The fraction of sp³-hybridized carbons (Fsp3) is 0.176. The van der Waals surface area contributed by atoms with Gasteiger partial charge >= 0.3 is 5.97 Å². The normalized spacial score (nSPS) is 19.8. The van der Waals surface area contributed by atoms with Crippen molar-refractivity contribution in [2.45, 2.75) is 16.1 Å². The van der Waals surface area contributed by atoms with Crippen molar-refractivity contribution in [3.8, 4) is 0 Å². The highest BCUT2D eigenvalue weighted by Crippen LogP contribution is 2.45. The number of benzene rings is 2. The highest BCUT2D eigenvalue weighted by Gasteiger charge is 2.53. The first-order valence-electron chi connectivity index (χ1n) is 6.72. The number of ketones is 1. The van der Waals surface area contributed by atoms with Crippen molar-refractivity contribution in [1.82, 2.24) is 0 Å². The predicted molar refractivity (Wildman–Crippen MR) is 86.5 cm³/mol. The average molecular weight is 333 g/mol. The van der Waals surface area contributed by atoms with Gasteiger partial charge < -0.3 is 4.74 Å². The van der Waals surface area contributed by atoms with Crippen LogP contribution < -0.4 is 0 Å². The molecule has 0 saturated heterocycles. The van der Waals surface area contributed by atoms with E-state index < -0.39 is 10.7 Å². The van der Waals surface area contributed by atoms with E-state index in [1.807, 2.05) is 30.3 Å². The Morgan fingerprint density at radius 2 is 1.95 bits per heavy atom. The molecule has 0 aromatic heterocycles. The second-order valence-corrected chi connectivity index (χ2v) is 6.85. The van der Waals surface area contributed by atoms with Crippen molar-refractivity contribution in [1.29, 1.82) is 0 Å². The van der Waals surface area contributed by atoms with E-state index in [0.29, 0.717) is 10.6 Å². The molecule has 3 rings (SSSR count). The summed E-state index contributed by atoms with van der Waals surface area (Å²) in [4.78, 5) is 26.1. The third-order valence-electron chi connectivity index (χ3n) is 3.67. The van der Waals surface area contributed by atoms with Crippen molar-refractivity contribution in [2.75, 3.05) is 7.11 Å². The van der Waals surface area contributed by atoms with Crippen LogP contribution in [-0.4, -0.2) is 23.6 Å². The third-order valence-corrected chi connectivity index (χ3v) is 5.26. The molecule has 0 bridgehead atoms. The Labute approximate surface area is 137 Å². The SMILES string of the molecule is COC(=O)C1(Sc2ccccc2)Cc2cc(Cl)ccc2C1=O. The molecule has 0 saturated carbocycles. The lowest BCUT2D eigenvalue weighted by Gasteiger charge is -2.23. The van der Waals surface area contributed by atoms with E-state index in [1.165, 1.54) is 18.9 Å². The van der Waals surface area contributed by atoms with Crippen LogP contribution in [0.2, 0.25) is 5.02 Å². The summed E-state index contributed by atoms with van der Waals surface area (Å²) in [5.74, 6) is -0.751. The maximum absolute atomic E-state index is 12.9. The molecule has 0 spiro atoms. The lowest BCUT2D eigenvalue weighted by molar-refractivity contribution is -0.141. The van der Waals surface area contributed by atoms with Gasteiger partial charge in [0.1, 0.15) is 0 Å². The minimum absolute atomic E-state index is 0.222. The van der Waals surface area contributed by atoms with E-state index in [-0.39, 0.29) is 12.2 Å². The predicted octanol–water partition coefficient (Wildman–Crippen LogP) is 3.78. The van der Waals surface area contributed by atoms with Gasteiger partial charge in [-0.15, -0.1) is 0 Å². The van der Waals surface area contributed by atoms with Gasteiger partial charge in [0.15, 0.2) is 10.5 Å². The Hall–Kier alpha value is -1.78. The molecule has 22 heavy (non-hydrogen) atoms. The topological polar surface area (TPSA) is 43.4 Å². The first-order valence-corrected chi connectivity index (χ1v) is 7.92. The summed E-state index contributed by atoms with van der Waals surface area (Å²) >= 11 is 7.24. The molecule has 1 aliphatic rings. The van der Waals surface area contributed by atoms with Crippen LogP contribution in [0, 0.1) is 0 Å². The molecular weight excluding hydrogens is 320 g/mol. The van der Waals surface area contributed by atoms with Gasteiger partial charge in [-0.3, -0.25) is 9.59 Å². The first kappa shape index (κ1) is 15.1. The molecule has 1 unspecified atom stereocenters. The average Bonchev–Trinajstić information content (AvgIpc) is 2.80. The zero-order valence-corrected chi connectivity index (χ0v) is 13.4. The summed E-state index contributed by atoms with van der Waals surface area (Å²) in [5, 5.41) is 0.553. The zero-order valence-electron chi connectivity index (χ0n) is 11.8. The Morgan fingerprint density at radius 1 is 1.23 bits per heavy atom. The molecule has 0 aliphatic heterocycles. The summed E-state index contributed by atoms with van der Waals surface area (Å²) in [6, 6.07) is 14.5. The quantitative estimate of drug-likeness (QED) is 0.633. The van der Waals surface area contributed by atoms with Crippen molar-refractivity contribution in [3.63, 3.8) is 0 Å². The molecule has 0 N–H and O–H groups in total. The molecular formula is C17H13ClO3S. The van der Waals surface area contributed by atoms with E-state index in [0.717, 1.165) is 10.5 Å². The molecule has 2 aromatic carbocycles. The number of esters is 1. The third kappa shape index (κ3) is 2.42. The Balaban J connectivity index is 2.06. The van der Waals surface area contributed by atoms with Crippen molar-refractivity contribution in [2.24, 2.45) is 0 Å². The molecule has 5 heteroatoms. The van der Waals surface area contributed by atoms with Crippen LogP contribution in [0.4, 0.5) is 0 Å². The van der Waals surface area contributed by atoms with E-state index in [2.05, 4.69) is 0 Å². The minimum Gasteiger partial charge on any atom is -0.468 e. The van der Waals surface area contributed by atoms with Crippen LogP contribution in [-0.2, 0) is 16.0 Å². The second-order valence-electron chi connectivity index (χ2n) is 5.04. The van der Waals surface area contributed by atoms with Gasteiger partial charge in [0.2, 0.25) is 0 Å². The standard InChI is InChI=1S/C17H13ClO3S/c1-21-16(20)17(22-13-5-3-2-4-6-13)10-11-9-12(18)7-8-14(11)15(17)19/h2-9H,10H2,1H3. The summed E-state index contributed by atoms with van der Waals surface area (Å²) in [5.41, 5.74) is 1.32. The molecule has 0 fully saturated rings. The largest absolute Gasteiger partial charge is 0.468 e. The number of methoxy groups -OCH3 is 1. The molecule has 0 radical (unpaired) electrons. The molecule has 1 aliphatic carbocycles. The number of rotatable bonds is 3. The van der Waals surface area contributed by atoms with Crippen molar-refractivity contribution in [3.05, 3.63) is 64.7 Å². The number of ether oxygens (including phenoxy) is 1. The van der Waals surface area contributed by atoms with E-state index >= 15 is 0 Å². The monoisotopic (exact) mass is 332 g/mol. The fourth-order valence-electron chi connectivity index (χ4n) is 2.64. The molecule has 0 heterocycles. The maximum Gasteiger partial charge on any atom is 0.330 e.